The molecular formula is C8H17N3O2. The molecule has 0 aliphatic carbocycles. The Bertz CT molecular complexity index is 186. The van der Waals surface area contributed by atoms with Gasteiger partial charge < -0.3 is 16.2 Å². The Morgan fingerprint density at radius 1 is 1.77 bits per heavy atom. The first-order chi connectivity index (χ1) is 6.11. The zero-order valence-electron chi connectivity index (χ0n) is 7.90. The molecule has 1 fully saturated rings. The summed E-state index contributed by atoms with van der Waals surface area (Å²) in [5.41, 5.74) is 10.6. The predicted octanol–water partition coefficient (Wildman–Crippen LogP) is -1.48. The molecule has 5 nitrogen and oxygen atoms in total. The van der Waals surface area contributed by atoms with E-state index in [1.54, 1.807) is 0 Å². The number of morpholine rings is 1. The summed E-state index contributed by atoms with van der Waals surface area (Å²) in [6, 6.07) is -0.342. The van der Waals surface area contributed by atoms with Gasteiger partial charge in [-0.15, -0.1) is 0 Å². The number of hydrogen-bond acceptors (Lipinski definition) is 4. The van der Waals surface area contributed by atoms with Gasteiger partial charge in [0.05, 0.1) is 19.3 Å². The Hall–Kier alpha value is -0.650. The summed E-state index contributed by atoms with van der Waals surface area (Å²) in [5.74, 6) is -0.445. The SMILES string of the molecule is CN1CCOCC1CC(N)C(N)=O. The Balaban J connectivity index is 2.37. The largest absolute Gasteiger partial charge is 0.378 e. The zero-order valence-corrected chi connectivity index (χ0v) is 7.90. The number of nitrogens with zero attached hydrogens (tertiary/aromatic N) is 1. The first-order valence-corrected chi connectivity index (χ1v) is 4.44. The second kappa shape index (κ2) is 4.55. The lowest BCUT2D eigenvalue weighted by molar-refractivity contribution is -0.120. The van der Waals surface area contributed by atoms with E-state index in [1.165, 1.54) is 0 Å². The number of carbonyl (C=O) groups is 1. The molecule has 0 bridgehead atoms. The van der Waals surface area contributed by atoms with E-state index < -0.39 is 11.9 Å². The van der Waals surface area contributed by atoms with E-state index in [9.17, 15) is 4.79 Å². The van der Waals surface area contributed by atoms with Crippen LogP contribution in [0, 0.1) is 0 Å². The average molecular weight is 187 g/mol. The van der Waals surface area contributed by atoms with Gasteiger partial charge in [0, 0.05) is 12.6 Å². The van der Waals surface area contributed by atoms with Gasteiger partial charge in [-0.1, -0.05) is 0 Å². The molecule has 0 aromatic carbocycles. The summed E-state index contributed by atoms with van der Waals surface area (Å²) in [7, 11) is 2.00. The fourth-order valence-corrected chi connectivity index (χ4v) is 1.39. The number of rotatable bonds is 3. The smallest absolute Gasteiger partial charge is 0.234 e. The third kappa shape index (κ3) is 2.95. The van der Waals surface area contributed by atoms with Crippen LogP contribution in [0.15, 0.2) is 0 Å². The lowest BCUT2D eigenvalue weighted by Crippen LogP contribution is -2.48. The molecule has 0 spiro atoms. The molecule has 1 heterocycles. The highest BCUT2D eigenvalue weighted by Gasteiger charge is 2.23. The molecule has 0 radical (unpaired) electrons. The predicted molar refractivity (Wildman–Crippen MR) is 49.0 cm³/mol. The van der Waals surface area contributed by atoms with Crippen molar-refractivity contribution in [1.82, 2.24) is 4.90 Å². The van der Waals surface area contributed by atoms with Crippen LogP contribution in [0.1, 0.15) is 6.42 Å². The van der Waals surface area contributed by atoms with Crippen molar-refractivity contribution in [3.05, 3.63) is 0 Å². The van der Waals surface area contributed by atoms with Gasteiger partial charge in [0.25, 0.3) is 0 Å². The molecule has 0 saturated carbocycles. The number of hydrogen-bond donors (Lipinski definition) is 2. The van der Waals surface area contributed by atoms with Gasteiger partial charge in [-0.3, -0.25) is 9.69 Å². The Morgan fingerprint density at radius 3 is 3.00 bits per heavy atom. The second-order valence-electron chi connectivity index (χ2n) is 3.45. The normalized spacial score (nSPS) is 27.1. The maximum absolute atomic E-state index is 10.7. The van der Waals surface area contributed by atoms with Gasteiger partial charge in [0.1, 0.15) is 0 Å². The van der Waals surface area contributed by atoms with Crippen LogP contribution in [0.2, 0.25) is 0 Å². The number of primary amides is 1. The maximum atomic E-state index is 10.7. The molecule has 2 atom stereocenters. The topological polar surface area (TPSA) is 81.6 Å². The molecule has 4 N–H and O–H groups in total. The first-order valence-electron chi connectivity index (χ1n) is 4.44. The Morgan fingerprint density at radius 2 is 2.46 bits per heavy atom. The quantitative estimate of drug-likeness (QED) is 0.564. The lowest BCUT2D eigenvalue weighted by atomic mass is 10.1. The van der Waals surface area contributed by atoms with Crippen LogP contribution in [-0.4, -0.2) is 49.7 Å². The summed E-state index contributed by atoms with van der Waals surface area (Å²) in [6.45, 7) is 2.27. The fraction of sp³-hybridized carbons (Fsp3) is 0.875. The molecule has 76 valence electrons. The minimum atomic E-state index is -0.561. The molecular weight excluding hydrogens is 170 g/mol. The molecule has 0 aromatic rings. The standard InChI is InChI=1S/C8H17N3O2/c1-11-2-3-13-5-6(11)4-7(9)8(10)12/h6-7H,2-5,9H2,1H3,(H2,10,12). The van der Waals surface area contributed by atoms with Gasteiger partial charge in [0.15, 0.2) is 0 Å². The fourth-order valence-electron chi connectivity index (χ4n) is 1.39. The van der Waals surface area contributed by atoms with E-state index in [1.807, 2.05) is 7.05 Å². The second-order valence-corrected chi connectivity index (χ2v) is 3.45. The van der Waals surface area contributed by atoms with Crippen LogP contribution in [0.3, 0.4) is 0 Å². The Kier molecular flexibility index (Phi) is 3.65. The highest BCUT2D eigenvalue weighted by atomic mass is 16.5. The van der Waals surface area contributed by atoms with Crippen LogP contribution < -0.4 is 11.5 Å². The zero-order chi connectivity index (χ0) is 9.84. The molecule has 2 unspecified atom stereocenters. The highest BCUT2D eigenvalue weighted by molar-refractivity contribution is 5.79. The van der Waals surface area contributed by atoms with E-state index in [-0.39, 0.29) is 6.04 Å². The molecule has 13 heavy (non-hydrogen) atoms. The molecule has 1 aliphatic heterocycles. The van der Waals surface area contributed by atoms with E-state index in [0.29, 0.717) is 13.0 Å². The highest BCUT2D eigenvalue weighted by Crippen LogP contribution is 2.09. The monoisotopic (exact) mass is 187 g/mol. The van der Waals surface area contributed by atoms with Crippen LogP contribution in [0.4, 0.5) is 0 Å². The van der Waals surface area contributed by atoms with Crippen LogP contribution in [0.25, 0.3) is 0 Å². The summed E-state index contributed by atoms with van der Waals surface area (Å²) >= 11 is 0. The van der Waals surface area contributed by atoms with Crippen molar-refractivity contribution < 1.29 is 9.53 Å². The number of likely N-dealkylation sites (N-methyl/N-ethyl adjacent to an activating group) is 1. The number of nitrogens with two attached hydrogens (primary N) is 2. The van der Waals surface area contributed by atoms with Crippen molar-refractivity contribution in [2.24, 2.45) is 11.5 Å². The number of ether oxygens (including phenoxy) is 1. The summed E-state index contributed by atoms with van der Waals surface area (Å²) in [6.07, 6.45) is 0.575. The van der Waals surface area contributed by atoms with Crippen molar-refractivity contribution >= 4 is 5.91 Å². The van der Waals surface area contributed by atoms with Crippen LogP contribution in [0.5, 0.6) is 0 Å². The van der Waals surface area contributed by atoms with Gasteiger partial charge in [-0.2, -0.15) is 0 Å². The average Bonchev–Trinajstić information content (AvgIpc) is 2.08. The van der Waals surface area contributed by atoms with Crippen molar-refractivity contribution in [1.29, 1.82) is 0 Å². The van der Waals surface area contributed by atoms with Crippen molar-refractivity contribution in [3.8, 4) is 0 Å². The van der Waals surface area contributed by atoms with E-state index in [2.05, 4.69) is 4.90 Å². The molecule has 1 aliphatic rings. The van der Waals surface area contributed by atoms with Crippen LogP contribution >= 0.6 is 0 Å². The molecule has 5 heteroatoms. The lowest BCUT2D eigenvalue weighted by Gasteiger charge is -2.33. The van der Waals surface area contributed by atoms with Gasteiger partial charge in [-0.05, 0) is 13.5 Å². The maximum Gasteiger partial charge on any atom is 0.234 e. The molecule has 0 aromatic heterocycles. The third-order valence-corrected chi connectivity index (χ3v) is 2.41. The minimum Gasteiger partial charge on any atom is -0.378 e. The van der Waals surface area contributed by atoms with Crippen molar-refractivity contribution in [2.75, 3.05) is 26.8 Å². The van der Waals surface area contributed by atoms with Gasteiger partial charge in [0.2, 0.25) is 5.91 Å². The number of carbonyl (C=O) groups excluding carboxylic acids is 1. The third-order valence-electron chi connectivity index (χ3n) is 2.41. The van der Waals surface area contributed by atoms with Crippen molar-refractivity contribution in [3.63, 3.8) is 0 Å². The minimum absolute atomic E-state index is 0.219. The summed E-state index contributed by atoms with van der Waals surface area (Å²) in [4.78, 5) is 12.9. The van der Waals surface area contributed by atoms with E-state index in [0.717, 1.165) is 13.2 Å². The van der Waals surface area contributed by atoms with Crippen LogP contribution in [-0.2, 0) is 9.53 Å². The molecule has 1 rings (SSSR count). The number of amides is 1. The van der Waals surface area contributed by atoms with Crippen molar-refractivity contribution in [2.45, 2.75) is 18.5 Å². The Labute approximate surface area is 78.0 Å². The van der Waals surface area contributed by atoms with E-state index >= 15 is 0 Å². The summed E-state index contributed by atoms with van der Waals surface area (Å²) in [5, 5.41) is 0. The molecule has 1 amide bonds. The first kappa shape index (κ1) is 10.4. The van der Waals surface area contributed by atoms with E-state index in [4.69, 9.17) is 16.2 Å². The van der Waals surface area contributed by atoms with Gasteiger partial charge >= 0.3 is 0 Å². The molecule has 1 saturated heterocycles. The summed E-state index contributed by atoms with van der Waals surface area (Å²) < 4.78 is 5.28. The van der Waals surface area contributed by atoms with Gasteiger partial charge in [-0.25, -0.2) is 0 Å².